The Balaban J connectivity index is 1.80. The van der Waals surface area contributed by atoms with Gasteiger partial charge < -0.3 is 9.64 Å². The van der Waals surface area contributed by atoms with Crippen molar-refractivity contribution < 1.29 is 9.53 Å². The summed E-state index contributed by atoms with van der Waals surface area (Å²) >= 11 is 1.92. The normalized spacial score (nSPS) is 22.5. The molecule has 3 rings (SSSR count). The van der Waals surface area contributed by atoms with Gasteiger partial charge in [-0.3, -0.25) is 4.79 Å². The molecule has 1 saturated heterocycles. The summed E-state index contributed by atoms with van der Waals surface area (Å²) in [6, 6.07) is 5.83. The molecule has 96 valence electrons. The van der Waals surface area contributed by atoms with Crippen molar-refractivity contribution in [3.05, 3.63) is 29.3 Å². The Kier molecular flexibility index (Phi) is 3.20. The second kappa shape index (κ2) is 4.84. The van der Waals surface area contributed by atoms with Crippen LogP contribution in [0.3, 0.4) is 0 Å². The molecule has 2 heterocycles. The molecule has 0 saturated carbocycles. The van der Waals surface area contributed by atoms with Crippen molar-refractivity contribution >= 4 is 17.7 Å². The van der Waals surface area contributed by atoms with Gasteiger partial charge in [-0.25, -0.2) is 0 Å². The Morgan fingerprint density at radius 1 is 1.39 bits per heavy atom. The standard InChI is InChI=1S/C14H17NO2S/c1-10-8-12-9-11(2-3-13(12)17-10)14(16)15-4-6-18-7-5-15/h2-3,9-10H,4-8H2,1H3/t10-/m1/s1. The van der Waals surface area contributed by atoms with Crippen LogP contribution in [0.15, 0.2) is 18.2 Å². The largest absolute Gasteiger partial charge is 0.490 e. The zero-order chi connectivity index (χ0) is 12.5. The predicted molar refractivity (Wildman–Crippen MR) is 73.5 cm³/mol. The van der Waals surface area contributed by atoms with E-state index in [2.05, 4.69) is 6.92 Å². The first-order valence-electron chi connectivity index (χ1n) is 6.40. The lowest BCUT2D eigenvalue weighted by Crippen LogP contribution is -2.37. The number of amides is 1. The van der Waals surface area contributed by atoms with Gasteiger partial charge in [-0.1, -0.05) is 0 Å². The van der Waals surface area contributed by atoms with Gasteiger partial charge in [0, 0.05) is 36.6 Å². The van der Waals surface area contributed by atoms with E-state index in [1.165, 1.54) is 5.56 Å². The molecule has 2 aliphatic heterocycles. The van der Waals surface area contributed by atoms with Gasteiger partial charge in [0.05, 0.1) is 0 Å². The third-order valence-corrected chi connectivity index (χ3v) is 4.38. The van der Waals surface area contributed by atoms with Crippen LogP contribution in [0.2, 0.25) is 0 Å². The van der Waals surface area contributed by atoms with Crippen molar-refractivity contribution in [3.8, 4) is 5.75 Å². The number of hydrogen-bond donors (Lipinski definition) is 0. The summed E-state index contributed by atoms with van der Waals surface area (Å²) in [7, 11) is 0. The molecule has 1 aromatic rings. The van der Waals surface area contributed by atoms with Crippen LogP contribution in [0.1, 0.15) is 22.8 Å². The van der Waals surface area contributed by atoms with Gasteiger partial charge in [0.2, 0.25) is 0 Å². The fraction of sp³-hybridized carbons (Fsp3) is 0.500. The summed E-state index contributed by atoms with van der Waals surface area (Å²) in [4.78, 5) is 14.3. The van der Waals surface area contributed by atoms with E-state index in [4.69, 9.17) is 4.74 Å². The van der Waals surface area contributed by atoms with Gasteiger partial charge in [-0.05, 0) is 30.7 Å². The lowest BCUT2D eigenvalue weighted by Gasteiger charge is -2.26. The number of nitrogens with zero attached hydrogens (tertiary/aromatic N) is 1. The highest BCUT2D eigenvalue weighted by Crippen LogP contribution is 2.29. The topological polar surface area (TPSA) is 29.5 Å². The van der Waals surface area contributed by atoms with E-state index < -0.39 is 0 Å². The number of ether oxygens (including phenoxy) is 1. The number of carbonyl (C=O) groups excluding carboxylic acids is 1. The second-order valence-corrected chi connectivity index (χ2v) is 6.08. The molecule has 1 aromatic carbocycles. The molecule has 0 bridgehead atoms. The van der Waals surface area contributed by atoms with Gasteiger partial charge in [-0.15, -0.1) is 0 Å². The smallest absolute Gasteiger partial charge is 0.253 e. The first-order chi connectivity index (χ1) is 8.74. The van der Waals surface area contributed by atoms with Gasteiger partial charge in [-0.2, -0.15) is 11.8 Å². The zero-order valence-corrected chi connectivity index (χ0v) is 11.3. The van der Waals surface area contributed by atoms with E-state index in [1.54, 1.807) is 0 Å². The lowest BCUT2D eigenvalue weighted by atomic mass is 10.1. The number of rotatable bonds is 1. The van der Waals surface area contributed by atoms with E-state index >= 15 is 0 Å². The van der Waals surface area contributed by atoms with Gasteiger partial charge in [0.25, 0.3) is 5.91 Å². The van der Waals surface area contributed by atoms with E-state index in [1.807, 2.05) is 34.9 Å². The third kappa shape index (κ3) is 2.21. The fourth-order valence-electron chi connectivity index (χ4n) is 2.50. The lowest BCUT2D eigenvalue weighted by molar-refractivity contribution is 0.0772. The summed E-state index contributed by atoms with van der Waals surface area (Å²) in [6.45, 7) is 3.80. The third-order valence-electron chi connectivity index (χ3n) is 3.44. The molecule has 0 unspecified atom stereocenters. The molecule has 1 amide bonds. The van der Waals surface area contributed by atoms with Crippen LogP contribution in [0.4, 0.5) is 0 Å². The quantitative estimate of drug-likeness (QED) is 0.778. The summed E-state index contributed by atoms with van der Waals surface area (Å²) in [5.74, 6) is 3.21. The summed E-state index contributed by atoms with van der Waals surface area (Å²) in [5.41, 5.74) is 1.97. The van der Waals surface area contributed by atoms with Crippen LogP contribution >= 0.6 is 11.8 Å². The molecule has 0 aromatic heterocycles. The van der Waals surface area contributed by atoms with Crippen LogP contribution in [0, 0.1) is 0 Å². The molecule has 18 heavy (non-hydrogen) atoms. The Morgan fingerprint density at radius 3 is 2.94 bits per heavy atom. The number of benzene rings is 1. The van der Waals surface area contributed by atoms with Gasteiger partial charge >= 0.3 is 0 Å². The minimum Gasteiger partial charge on any atom is -0.490 e. The zero-order valence-electron chi connectivity index (χ0n) is 10.5. The summed E-state index contributed by atoms with van der Waals surface area (Å²) < 4.78 is 5.66. The summed E-state index contributed by atoms with van der Waals surface area (Å²) in [5, 5.41) is 0. The Hall–Kier alpha value is -1.16. The van der Waals surface area contributed by atoms with Crippen molar-refractivity contribution in [2.24, 2.45) is 0 Å². The molecular weight excluding hydrogens is 246 g/mol. The fourth-order valence-corrected chi connectivity index (χ4v) is 3.41. The first-order valence-corrected chi connectivity index (χ1v) is 7.56. The maximum absolute atomic E-state index is 12.4. The monoisotopic (exact) mass is 263 g/mol. The molecular formula is C14H17NO2S. The summed E-state index contributed by atoms with van der Waals surface area (Å²) in [6.07, 6.45) is 1.14. The van der Waals surface area contributed by atoms with E-state index in [-0.39, 0.29) is 12.0 Å². The van der Waals surface area contributed by atoms with Crippen LogP contribution in [-0.2, 0) is 6.42 Å². The molecule has 1 atom stereocenters. The number of carbonyl (C=O) groups is 1. The van der Waals surface area contributed by atoms with Crippen LogP contribution < -0.4 is 4.74 Å². The van der Waals surface area contributed by atoms with Crippen molar-refractivity contribution in [2.45, 2.75) is 19.4 Å². The molecule has 1 fully saturated rings. The Bertz CT molecular complexity index is 469. The predicted octanol–water partition coefficient (Wildman–Crippen LogP) is 2.20. The van der Waals surface area contributed by atoms with Gasteiger partial charge in [0.15, 0.2) is 0 Å². The highest BCUT2D eigenvalue weighted by molar-refractivity contribution is 7.99. The molecule has 3 nitrogen and oxygen atoms in total. The number of thioether (sulfide) groups is 1. The van der Waals surface area contributed by atoms with E-state index in [9.17, 15) is 4.79 Å². The van der Waals surface area contributed by atoms with E-state index in [0.29, 0.717) is 0 Å². The first kappa shape index (κ1) is 11.9. The van der Waals surface area contributed by atoms with Crippen LogP contribution in [0.5, 0.6) is 5.75 Å². The van der Waals surface area contributed by atoms with Crippen LogP contribution in [-0.4, -0.2) is 41.5 Å². The molecule has 2 aliphatic rings. The van der Waals surface area contributed by atoms with E-state index in [0.717, 1.165) is 42.3 Å². The van der Waals surface area contributed by atoms with Crippen molar-refractivity contribution in [1.82, 2.24) is 4.90 Å². The average molecular weight is 263 g/mol. The van der Waals surface area contributed by atoms with Crippen LogP contribution in [0.25, 0.3) is 0 Å². The molecule has 0 spiro atoms. The SMILES string of the molecule is C[C@@H]1Cc2cc(C(=O)N3CCSCC3)ccc2O1. The van der Waals surface area contributed by atoms with Crippen molar-refractivity contribution in [1.29, 1.82) is 0 Å². The number of hydrogen-bond acceptors (Lipinski definition) is 3. The minimum absolute atomic E-state index is 0.164. The molecule has 4 heteroatoms. The maximum Gasteiger partial charge on any atom is 0.253 e. The molecule has 0 radical (unpaired) electrons. The van der Waals surface area contributed by atoms with Gasteiger partial charge in [0.1, 0.15) is 11.9 Å². The highest BCUT2D eigenvalue weighted by atomic mass is 32.2. The number of fused-ring (bicyclic) bond motifs is 1. The van der Waals surface area contributed by atoms with Crippen molar-refractivity contribution in [2.75, 3.05) is 24.6 Å². The Morgan fingerprint density at radius 2 is 2.17 bits per heavy atom. The van der Waals surface area contributed by atoms with Crippen molar-refractivity contribution in [3.63, 3.8) is 0 Å². The highest BCUT2D eigenvalue weighted by Gasteiger charge is 2.23. The maximum atomic E-state index is 12.4. The molecule has 0 N–H and O–H groups in total. The minimum atomic E-state index is 0.164. The Labute approximate surface area is 111 Å². The molecule has 0 aliphatic carbocycles. The average Bonchev–Trinajstić information content (AvgIpc) is 2.78. The second-order valence-electron chi connectivity index (χ2n) is 4.86.